The number of piperidine rings is 1. The number of hydrazine groups is 1. The molecule has 2 aliphatic rings. The minimum absolute atomic E-state index is 0.133. The summed E-state index contributed by atoms with van der Waals surface area (Å²) in [5.74, 6) is -0.332. The van der Waals surface area contributed by atoms with Gasteiger partial charge in [0.05, 0.1) is 0 Å². The second kappa shape index (κ2) is 5.48. The summed E-state index contributed by atoms with van der Waals surface area (Å²) in [6, 6.07) is 0.688. The topological polar surface area (TPSA) is 73.8 Å². The first-order chi connectivity index (χ1) is 8.58. The monoisotopic (exact) mass is 252 g/mol. The number of hydrogen-bond donors (Lipinski definition) is 2. The molecule has 2 amide bonds. The number of carbonyl (C=O) groups excluding carboxylic acids is 2. The summed E-state index contributed by atoms with van der Waals surface area (Å²) in [5, 5.41) is 5.81. The van der Waals surface area contributed by atoms with Crippen molar-refractivity contribution in [2.24, 2.45) is 5.10 Å². The first-order valence-corrected chi connectivity index (χ1v) is 6.52. The Kier molecular flexibility index (Phi) is 3.96. The minimum Gasteiger partial charge on any atom is -0.283 e. The summed E-state index contributed by atoms with van der Waals surface area (Å²) in [5.41, 5.74) is 5.66. The van der Waals surface area contributed by atoms with E-state index in [0.29, 0.717) is 30.6 Å². The van der Waals surface area contributed by atoms with E-state index in [1.807, 2.05) is 5.01 Å². The molecule has 2 rings (SSSR count). The summed E-state index contributed by atoms with van der Waals surface area (Å²) in [7, 11) is 0. The predicted molar refractivity (Wildman–Crippen MR) is 67.6 cm³/mol. The lowest BCUT2D eigenvalue weighted by atomic mass is 10.00. The van der Waals surface area contributed by atoms with Crippen LogP contribution in [0.2, 0.25) is 0 Å². The fourth-order valence-corrected chi connectivity index (χ4v) is 2.46. The molecule has 2 unspecified atom stereocenters. The maximum Gasteiger partial charge on any atom is 0.281 e. The first-order valence-electron chi connectivity index (χ1n) is 6.52. The highest BCUT2D eigenvalue weighted by molar-refractivity contribution is 6.39. The molecule has 0 spiro atoms. The van der Waals surface area contributed by atoms with E-state index in [9.17, 15) is 9.59 Å². The Bertz CT molecular complexity index is 370. The molecule has 1 saturated heterocycles. The smallest absolute Gasteiger partial charge is 0.281 e. The van der Waals surface area contributed by atoms with Crippen LogP contribution in [0, 0.1) is 0 Å². The lowest BCUT2D eigenvalue weighted by molar-refractivity contribution is -0.123. The third-order valence-corrected chi connectivity index (χ3v) is 3.59. The zero-order valence-corrected chi connectivity index (χ0v) is 10.9. The molecule has 6 heteroatoms. The van der Waals surface area contributed by atoms with Gasteiger partial charge in [0.1, 0.15) is 5.71 Å². The van der Waals surface area contributed by atoms with Crippen molar-refractivity contribution in [3.8, 4) is 0 Å². The zero-order valence-electron chi connectivity index (χ0n) is 10.9. The van der Waals surface area contributed by atoms with E-state index in [-0.39, 0.29) is 11.8 Å². The van der Waals surface area contributed by atoms with Crippen LogP contribution in [0.1, 0.15) is 46.0 Å². The van der Waals surface area contributed by atoms with Crippen molar-refractivity contribution in [1.29, 1.82) is 0 Å². The van der Waals surface area contributed by atoms with E-state index in [2.05, 4.69) is 29.8 Å². The molecule has 18 heavy (non-hydrogen) atoms. The van der Waals surface area contributed by atoms with Gasteiger partial charge in [-0.1, -0.05) is 6.42 Å². The Hall–Kier alpha value is -1.43. The van der Waals surface area contributed by atoms with E-state index < -0.39 is 0 Å². The Morgan fingerprint density at radius 3 is 2.56 bits per heavy atom. The van der Waals surface area contributed by atoms with Gasteiger partial charge < -0.3 is 0 Å². The number of nitrogens with one attached hydrogen (secondary N) is 2. The van der Waals surface area contributed by atoms with Crippen LogP contribution in [0.3, 0.4) is 0 Å². The van der Waals surface area contributed by atoms with Crippen LogP contribution in [0.4, 0.5) is 0 Å². The Morgan fingerprint density at radius 1 is 1.33 bits per heavy atom. The van der Waals surface area contributed by atoms with Gasteiger partial charge in [0, 0.05) is 24.9 Å². The van der Waals surface area contributed by atoms with Crippen molar-refractivity contribution < 1.29 is 9.59 Å². The molecule has 2 atom stereocenters. The molecule has 0 saturated carbocycles. The molecule has 1 fully saturated rings. The molecule has 6 nitrogen and oxygen atoms in total. The molecule has 0 radical (unpaired) electrons. The molecule has 0 bridgehead atoms. The SMILES string of the molecule is CC1CCCC(C)N1NC(=O)C1=NNC(=O)CC1. The Morgan fingerprint density at radius 2 is 2.00 bits per heavy atom. The van der Waals surface area contributed by atoms with Gasteiger partial charge in [-0.3, -0.25) is 15.0 Å². The second-order valence-electron chi connectivity index (χ2n) is 5.07. The molecular formula is C12H20N4O2. The standard InChI is InChI=1S/C12H20N4O2/c1-8-4-3-5-9(2)16(8)15-12(18)10-6-7-11(17)14-13-10/h8-9H,3-7H2,1-2H3,(H,14,17)(H,15,18). The Labute approximate surface area is 107 Å². The molecule has 0 aromatic rings. The summed E-state index contributed by atoms with van der Waals surface area (Å²) in [4.78, 5) is 23.0. The van der Waals surface area contributed by atoms with Crippen LogP contribution >= 0.6 is 0 Å². The number of carbonyl (C=O) groups is 2. The summed E-state index contributed by atoms with van der Waals surface area (Å²) in [6.07, 6.45) is 4.12. The van der Waals surface area contributed by atoms with Crippen LogP contribution in [0.15, 0.2) is 5.10 Å². The zero-order chi connectivity index (χ0) is 13.1. The van der Waals surface area contributed by atoms with Gasteiger partial charge in [0.25, 0.3) is 5.91 Å². The van der Waals surface area contributed by atoms with Crippen LogP contribution in [-0.2, 0) is 9.59 Å². The van der Waals surface area contributed by atoms with E-state index in [1.54, 1.807) is 0 Å². The van der Waals surface area contributed by atoms with Gasteiger partial charge in [0.15, 0.2) is 0 Å². The third-order valence-electron chi connectivity index (χ3n) is 3.59. The fraction of sp³-hybridized carbons (Fsp3) is 0.750. The number of nitrogens with zero attached hydrogens (tertiary/aromatic N) is 2. The van der Waals surface area contributed by atoms with Crippen molar-refractivity contribution in [3.05, 3.63) is 0 Å². The van der Waals surface area contributed by atoms with Gasteiger partial charge in [-0.15, -0.1) is 0 Å². The highest BCUT2D eigenvalue weighted by atomic mass is 16.2. The Balaban J connectivity index is 1.96. The highest BCUT2D eigenvalue weighted by Gasteiger charge is 2.28. The van der Waals surface area contributed by atoms with Crippen molar-refractivity contribution in [3.63, 3.8) is 0 Å². The van der Waals surface area contributed by atoms with Crippen molar-refractivity contribution in [1.82, 2.24) is 15.9 Å². The van der Waals surface area contributed by atoms with Gasteiger partial charge in [-0.05, 0) is 26.7 Å². The van der Waals surface area contributed by atoms with Crippen molar-refractivity contribution >= 4 is 17.5 Å². The van der Waals surface area contributed by atoms with Crippen molar-refractivity contribution in [2.45, 2.75) is 58.0 Å². The van der Waals surface area contributed by atoms with E-state index >= 15 is 0 Å². The van der Waals surface area contributed by atoms with Crippen LogP contribution in [-0.4, -0.2) is 34.6 Å². The quantitative estimate of drug-likeness (QED) is 0.753. The number of rotatable bonds is 2. The largest absolute Gasteiger partial charge is 0.283 e. The van der Waals surface area contributed by atoms with E-state index in [1.165, 1.54) is 6.42 Å². The second-order valence-corrected chi connectivity index (χ2v) is 5.07. The average Bonchev–Trinajstić information content (AvgIpc) is 2.34. The van der Waals surface area contributed by atoms with Crippen LogP contribution in [0.5, 0.6) is 0 Å². The van der Waals surface area contributed by atoms with Crippen LogP contribution in [0.25, 0.3) is 0 Å². The van der Waals surface area contributed by atoms with Crippen LogP contribution < -0.4 is 10.9 Å². The maximum absolute atomic E-state index is 12.0. The molecule has 2 heterocycles. The van der Waals surface area contributed by atoms with Gasteiger partial charge in [-0.25, -0.2) is 10.4 Å². The average molecular weight is 252 g/mol. The normalized spacial score (nSPS) is 29.4. The molecular weight excluding hydrogens is 232 g/mol. The predicted octanol–water partition coefficient (Wildman–Crippen LogP) is 0.546. The minimum atomic E-state index is -0.199. The van der Waals surface area contributed by atoms with E-state index in [4.69, 9.17) is 0 Å². The number of hydrazone groups is 1. The summed E-state index contributed by atoms with van der Waals surface area (Å²) in [6.45, 7) is 4.22. The van der Waals surface area contributed by atoms with Gasteiger partial charge in [0.2, 0.25) is 5.91 Å². The molecule has 0 aromatic heterocycles. The van der Waals surface area contributed by atoms with Crippen molar-refractivity contribution in [2.75, 3.05) is 0 Å². The molecule has 0 aromatic carbocycles. The molecule has 2 aliphatic heterocycles. The van der Waals surface area contributed by atoms with E-state index in [0.717, 1.165) is 12.8 Å². The lowest BCUT2D eigenvalue weighted by Crippen LogP contribution is -2.56. The molecule has 0 aliphatic carbocycles. The number of amides is 2. The fourth-order valence-electron chi connectivity index (χ4n) is 2.46. The lowest BCUT2D eigenvalue weighted by Gasteiger charge is -2.38. The number of hydrogen-bond acceptors (Lipinski definition) is 4. The molecule has 2 N–H and O–H groups in total. The van der Waals surface area contributed by atoms with Gasteiger partial charge >= 0.3 is 0 Å². The summed E-state index contributed by atoms with van der Waals surface area (Å²) < 4.78 is 0. The third kappa shape index (κ3) is 2.87. The highest BCUT2D eigenvalue weighted by Crippen LogP contribution is 2.20. The van der Waals surface area contributed by atoms with Gasteiger partial charge in [-0.2, -0.15) is 5.10 Å². The maximum atomic E-state index is 12.0. The first kappa shape index (κ1) is 13.0. The molecule has 100 valence electrons. The summed E-state index contributed by atoms with van der Waals surface area (Å²) >= 11 is 0.